The van der Waals surface area contributed by atoms with Crippen molar-refractivity contribution in [1.82, 2.24) is 5.32 Å². The maximum Gasteiger partial charge on any atom is 0.290 e. The summed E-state index contributed by atoms with van der Waals surface area (Å²) in [6.45, 7) is -0.618. The number of aliphatic carboxylic acids is 1. The Hall–Kier alpha value is -2.61. The first-order chi connectivity index (χ1) is 9.99. The SMILES string of the molecule is O=C([O-])CN1C(=O)/C(=C2\SC(=O)NC2=O)c2ccccc21. The van der Waals surface area contributed by atoms with Crippen LogP contribution in [0.5, 0.6) is 0 Å². The van der Waals surface area contributed by atoms with E-state index in [1.165, 1.54) is 0 Å². The number of para-hydroxylation sites is 1. The van der Waals surface area contributed by atoms with Gasteiger partial charge in [0.25, 0.3) is 17.1 Å². The third-order valence-corrected chi connectivity index (χ3v) is 3.94. The summed E-state index contributed by atoms with van der Waals surface area (Å²) in [6, 6.07) is 6.48. The highest BCUT2D eigenvalue weighted by molar-refractivity contribution is 8.18. The predicted molar refractivity (Wildman–Crippen MR) is 71.9 cm³/mol. The van der Waals surface area contributed by atoms with Crippen LogP contribution in [-0.4, -0.2) is 29.6 Å². The fourth-order valence-electron chi connectivity index (χ4n) is 2.26. The van der Waals surface area contributed by atoms with Crippen LogP contribution in [0.4, 0.5) is 10.5 Å². The number of benzene rings is 1. The third-order valence-electron chi connectivity index (χ3n) is 3.05. The molecule has 1 aromatic carbocycles. The van der Waals surface area contributed by atoms with Gasteiger partial charge in [0.1, 0.15) is 0 Å². The number of nitrogens with zero attached hydrogens (tertiary/aromatic N) is 1. The fourth-order valence-corrected chi connectivity index (χ4v) is 3.04. The number of anilines is 1. The number of nitrogens with one attached hydrogen (secondary N) is 1. The van der Waals surface area contributed by atoms with Crippen molar-refractivity contribution in [2.45, 2.75) is 0 Å². The molecule has 8 heteroatoms. The molecule has 106 valence electrons. The van der Waals surface area contributed by atoms with Crippen LogP contribution in [0.1, 0.15) is 5.56 Å². The minimum Gasteiger partial charge on any atom is -0.548 e. The molecule has 21 heavy (non-hydrogen) atoms. The lowest BCUT2D eigenvalue weighted by molar-refractivity contribution is -0.303. The molecule has 0 unspecified atom stereocenters. The van der Waals surface area contributed by atoms with Crippen molar-refractivity contribution in [3.63, 3.8) is 0 Å². The maximum absolute atomic E-state index is 12.4. The number of carbonyl (C=O) groups is 4. The van der Waals surface area contributed by atoms with E-state index < -0.39 is 29.6 Å². The molecule has 0 saturated carbocycles. The van der Waals surface area contributed by atoms with Gasteiger partial charge in [-0.25, -0.2) is 0 Å². The number of carboxylic acids is 1. The number of hydrogen-bond donors (Lipinski definition) is 1. The Morgan fingerprint density at radius 2 is 1.95 bits per heavy atom. The highest BCUT2D eigenvalue weighted by atomic mass is 32.2. The smallest absolute Gasteiger partial charge is 0.290 e. The van der Waals surface area contributed by atoms with E-state index in [1.54, 1.807) is 24.3 Å². The van der Waals surface area contributed by atoms with Gasteiger partial charge in [-0.3, -0.25) is 19.7 Å². The van der Waals surface area contributed by atoms with Gasteiger partial charge in [-0.1, -0.05) is 18.2 Å². The molecule has 1 aromatic rings. The average molecular weight is 303 g/mol. The molecular weight excluding hydrogens is 296 g/mol. The lowest BCUT2D eigenvalue weighted by atomic mass is 10.1. The molecule has 7 nitrogen and oxygen atoms in total. The topological polar surface area (TPSA) is 107 Å². The highest BCUT2D eigenvalue weighted by Crippen LogP contribution is 2.42. The Kier molecular flexibility index (Phi) is 3.02. The van der Waals surface area contributed by atoms with Crippen LogP contribution >= 0.6 is 11.8 Å². The number of hydrogen-bond acceptors (Lipinski definition) is 6. The molecule has 0 aromatic heterocycles. The van der Waals surface area contributed by atoms with Gasteiger partial charge >= 0.3 is 0 Å². The number of rotatable bonds is 2. The van der Waals surface area contributed by atoms with Gasteiger partial charge in [0.15, 0.2) is 0 Å². The monoisotopic (exact) mass is 303 g/mol. The first-order valence-electron chi connectivity index (χ1n) is 5.87. The summed E-state index contributed by atoms with van der Waals surface area (Å²) in [7, 11) is 0. The fraction of sp³-hybridized carbons (Fsp3) is 0.0769. The number of carbonyl (C=O) groups excluding carboxylic acids is 4. The lowest BCUT2D eigenvalue weighted by Gasteiger charge is -2.17. The van der Waals surface area contributed by atoms with E-state index in [9.17, 15) is 24.3 Å². The number of fused-ring (bicyclic) bond motifs is 1. The first-order valence-corrected chi connectivity index (χ1v) is 6.69. The molecule has 2 aliphatic heterocycles. The Morgan fingerprint density at radius 3 is 2.57 bits per heavy atom. The van der Waals surface area contributed by atoms with Crippen LogP contribution in [0, 0.1) is 0 Å². The molecule has 2 aliphatic rings. The van der Waals surface area contributed by atoms with E-state index in [2.05, 4.69) is 5.32 Å². The quantitative estimate of drug-likeness (QED) is 0.737. The molecule has 0 bridgehead atoms. The molecule has 2 heterocycles. The highest BCUT2D eigenvalue weighted by Gasteiger charge is 2.39. The second-order valence-electron chi connectivity index (χ2n) is 4.33. The molecule has 1 saturated heterocycles. The van der Waals surface area contributed by atoms with Gasteiger partial charge < -0.3 is 14.8 Å². The summed E-state index contributed by atoms with van der Waals surface area (Å²) >= 11 is 0.629. The van der Waals surface area contributed by atoms with Gasteiger partial charge in [-0.05, 0) is 17.8 Å². The number of amides is 3. The van der Waals surface area contributed by atoms with Gasteiger partial charge in [0.05, 0.1) is 28.7 Å². The Bertz CT molecular complexity index is 740. The van der Waals surface area contributed by atoms with Crippen molar-refractivity contribution >= 4 is 46.0 Å². The minimum atomic E-state index is -1.41. The molecule has 0 atom stereocenters. The summed E-state index contributed by atoms with van der Waals surface area (Å²) in [4.78, 5) is 47.2. The molecule has 3 rings (SSSR count). The summed E-state index contributed by atoms with van der Waals surface area (Å²) in [5.41, 5.74) is 0.846. The Labute approximate surface area is 122 Å². The van der Waals surface area contributed by atoms with Crippen LogP contribution in [0.25, 0.3) is 5.57 Å². The van der Waals surface area contributed by atoms with Gasteiger partial charge in [-0.15, -0.1) is 0 Å². The van der Waals surface area contributed by atoms with Crippen molar-refractivity contribution in [3.8, 4) is 0 Å². The van der Waals surface area contributed by atoms with Crippen LogP contribution in [0.15, 0.2) is 29.2 Å². The van der Waals surface area contributed by atoms with Gasteiger partial charge in [-0.2, -0.15) is 0 Å². The summed E-state index contributed by atoms with van der Waals surface area (Å²) in [5, 5.41) is 12.3. The van der Waals surface area contributed by atoms with Gasteiger partial charge in [0.2, 0.25) is 0 Å². The van der Waals surface area contributed by atoms with E-state index in [0.717, 1.165) is 4.90 Å². The zero-order valence-corrected chi connectivity index (χ0v) is 11.2. The molecular formula is C13H7N2O5S-. The molecule has 0 aliphatic carbocycles. The zero-order chi connectivity index (χ0) is 15.1. The molecule has 3 amide bonds. The van der Waals surface area contributed by atoms with E-state index in [1.807, 2.05) is 0 Å². The standard InChI is InChI=1S/C13H8N2O5S/c16-8(17)5-15-7-4-2-1-3-6(7)9(12(15)19)10-11(18)14-13(20)21-10/h1-4H,5H2,(H,16,17)(H,14,18,20)/p-1/b10-9-. The van der Waals surface area contributed by atoms with Gasteiger partial charge in [0, 0.05) is 5.56 Å². The van der Waals surface area contributed by atoms with Crippen LogP contribution in [0.3, 0.4) is 0 Å². The summed E-state index contributed by atoms with van der Waals surface area (Å²) < 4.78 is 0. The van der Waals surface area contributed by atoms with Crippen LogP contribution in [-0.2, 0) is 14.4 Å². The van der Waals surface area contributed by atoms with E-state index >= 15 is 0 Å². The van der Waals surface area contributed by atoms with Crippen molar-refractivity contribution in [2.24, 2.45) is 0 Å². The largest absolute Gasteiger partial charge is 0.548 e. The molecule has 0 radical (unpaired) electrons. The second kappa shape index (κ2) is 4.74. The number of carboxylic acid groups (broad SMARTS) is 1. The van der Waals surface area contributed by atoms with E-state index in [4.69, 9.17) is 0 Å². The third kappa shape index (κ3) is 2.09. The molecule has 0 spiro atoms. The van der Waals surface area contributed by atoms with E-state index in [0.29, 0.717) is 23.0 Å². The van der Waals surface area contributed by atoms with E-state index in [-0.39, 0.29) is 10.5 Å². The lowest BCUT2D eigenvalue weighted by Crippen LogP contribution is -2.39. The van der Waals surface area contributed by atoms with Crippen LogP contribution < -0.4 is 15.3 Å². The van der Waals surface area contributed by atoms with Crippen molar-refractivity contribution in [1.29, 1.82) is 0 Å². The second-order valence-corrected chi connectivity index (χ2v) is 5.31. The number of thioether (sulfide) groups is 1. The van der Waals surface area contributed by atoms with Crippen molar-refractivity contribution in [2.75, 3.05) is 11.4 Å². The normalized spacial score (nSPS) is 20.8. The first kappa shape index (κ1) is 13.4. The average Bonchev–Trinajstić information content (AvgIpc) is 2.88. The summed E-state index contributed by atoms with van der Waals surface area (Å²) in [5.74, 6) is -2.70. The predicted octanol–water partition coefficient (Wildman–Crippen LogP) is -0.523. The Balaban J connectivity index is 2.18. The minimum absolute atomic E-state index is 0.0155. The number of imide groups is 1. The maximum atomic E-state index is 12.4. The zero-order valence-electron chi connectivity index (χ0n) is 10.4. The summed E-state index contributed by atoms with van der Waals surface area (Å²) in [6.07, 6.45) is 0. The van der Waals surface area contributed by atoms with Crippen molar-refractivity contribution < 1.29 is 24.3 Å². The Morgan fingerprint density at radius 1 is 1.24 bits per heavy atom. The van der Waals surface area contributed by atoms with Crippen LogP contribution in [0.2, 0.25) is 0 Å². The molecule has 1 N–H and O–H groups in total. The van der Waals surface area contributed by atoms with Crippen molar-refractivity contribution in [3.05, 3.63) is 34.7 Å². The molecule has 1 fully saturated rings.